The minimum atomic E-state index is -0.888. The zero-order valence-electron chi connectivity index (χ0n) is 7.95. The smallest absolute Gasteiger partial charge is 0.376 e. The second-order valence-electron chi connectivity index (χ2n) is 3.02. The van der Waals surface area contributed by atoms with Gasteiger partial charge in [-0.1, -0.05) is 26.5 Å². The number of carbonyl (C=O) groups is 2. The molecule has 0 radical (unpaired) electrons. The fraction of sp³-hybridized carbons (Fsp3) is 0.556. The fourth-order valence-corrected chi connectivity index (χ4v) is 0.645. The molecule has 2 N–H and O–H groups in total. The summed E-state index contributed by atoms with van der Waals surface area (Å²) in [5, 5.41) is 0. The van der Waals surface area contributed by atoms with Gasteiger partial charge in [-0.15, -0.1) is 0 Å². The van der Waals surface area contributed by atoms with E-state index in [1.165, 1.54) is 6.08 Å². The second kappa shape index (κ2) is 5.48. The molecule has 0 amide bonds. The van der Waals surface area contributed by atoms with Crippen LogP contribution in [-0.2, 0) is 14.3 Å². The number of ketones is 1. The summed E-state index contributed by atoms with van der Waals surface area (Å²) in [4.78, 5) is 22.1. The third-order valence-electron chi connectivity index (χ3n) is 1.55. The van der Waals surface area contributed by atoms with Gasteiger partial charge in [-0.25, -0.2) is 4.79 Å². The van der Waals surface area contributed by atoms with Crippen LogP contribution in [0.3, 0.4) is 0 Å². The van der Waals surface area contributed by atoms with Crippen LogP contribution in [0, 0.1) is 5.92 Å². The number of rotatable bonds is 5. The van der Waals surface area contributed by atoms with Gasteiger partial charge in [-0.2, -0.15) is 0 Å². The Labute approximate surface area is 77.7 Å². The summed E-state index contributed by atoms with van der Waals surface area (Å²) in [7, 11) is 0. The first-order chi connectivity index (χ1) is 6.00. The predicted octanol–water partition coefficient (Wildman–Crippen LogP) is 0.268. The van der Waals surface area contributed by atoms with Crippen molar-refractivity contribution in [2.24, 2.45) is 11.7 Å². The Kier molecular flexibility index (Phi) is 4.99. The van der Waals surface area contributed by atoms with E-state index in [0.717, 1.165) is 0 Å². The molecule has 0 aliphatic rings. The summed E-state index contributed by atoms with van der Waals surface area (Å²) < 4.78 is 4.54. The number of esters is 1. The Hall–Kier alpha value is -1.16. The van der Waals surface area contributed by atoms with E-state index >= 15 is 0 Å². The SMILES string of the molecule is C=CCOC(=O)C(=O)C(N)C(C)C. The second-order valence-corrected chi connectivity index (χ2v) is 3.02. The van der Waals surface area contributed by atoms with Gasteiger partial charge in [0.25, 0.3) is 5.78 Å². The highest BCUT2D eigenvalue weighted by Crippen LogP contribution is 2.00. The van der Waals surface area contributed by atoms with Gasteiger partial charge in [0.05, 0.1) is 6.04 Å². The van der Waals surface area contributed by atoms with Crippen molar-refractivity contribution >= 4 is 11.8 Å². The summed E-state index contributed by atoms with van der Waals surface area (Å²) in [5.74, 6) is -1.64. The normalized spacial score (nSPS) is 12.3. The molecule has 0 saturated carbocycles. The Bertz CT molecular complexity index is 211. The Balaban J connectivity index is 4.09. The lowest BCUT2D eigenvalue weighted by atomic mass is 10.0. The van der Waals surface area contributed by atoms with Gasteiger partial charge < -0.3 is 10.5 Å². The molecule has 0 aromatic carbocycles. The number of nitrogens with two attached hydrogens (primary N) is 1. The largest absolute Gasteiger partial charge is 0.456 e. The monoisotopic (exact) mass is 185 g/mol. The molecule has 1 atom stereocenters. The average molecular weight is 185 g/mol. The van der Waals surface area contributed by atoms with Crippen molar-refractivity contribution in [3.63, 3.8) is 0 Å². The molecule has 13 heavy (non-hydrogen) atoms. The highest BCUT2D eigenvalue weighted by atomic mass is 16.5. The van der Waals surface area contributed by atoms with Crippen molar-refractivity contribution in [3.05, 3.63) is 12.7 Å². The quantitative estimate of drug-likeness (QED) is 0.379. The van der Waals surface area contributed by atoms with Crippen molar-refractivity contribution in [3.8, 4) is 0 Å². The summed E-state index contributed by atoms with van der Waals surface area (Å²) in [6, 6.07) is -0.780. The molecule has 4 nitrogen and oxygen atoms in total. The fourth-order valence-electron chi connectivity index (χ4n) is 0.645. The number of hydrogen-bond acceptors (Lipinski definition) is 4. The molecule has 0 saturated heterocycles. The molecule has 0 aliphatic carbocycles. The first kappa shape index (κ1) is 11.8. The van der Waals surface area contributed by atoms with E-state index in [1.54, 1.807) is 13.8 Å². The Morgan fingerprint density at radius 1 is 1.54 bits per heavy atom. The molecule has 1 unspecified atom stereocenters. The maximum Gasteiger partial charge on any atom is 0.376 e. The zero-order valence-corrected chi connectivity index (χ0v) is 7.95. The average Bonchev–Trinajstić information content (AvgIpc) is 2.11. The van der Waals surface area contributed by atoms with E-state index in [0.29, 0.717) is 0 Å². The predicted molar refractivity (Wildman–Crippen MR) is 49.0 cm³/mol. The highest BCUT2D eigenvalue weighted by molar-refractivity contribution is 6.35. The maximum atomic E-state index is 11.2. The summed E-state index contributed by atoms with van der Waals surface area (Å²) in [5.41, 5.74) is 5.46. The highest BCUT2D eigenvalue weighted by Gasteiger charge is 2.25. The summed E-state index contributed by atoms with van der Waals surface area (Å²) in [6.45, 7) is 6.92. The van der Waals surface area contributed by atoms with Crippen LogP contribution in [0.5, 0.6) is 0 Å². The van der Waals surface area contributed by atoms with Crippen molar-refractivity contribution in [1.29, 1.82) is 0 Å². The van der Waals surface area contributed by atoms with Crippen LogP contribution in [0.1, 0.15) is 13.8 Å². The molecule has 0 rings (SSSR count). The third kappa shape index (κ3) is 3.85. The van der Waals surface area contributed by atoms with Crippen LogP contribution in [0.25, 0.3) is 0 Å². The number of ether oxygens (including phenoxy) is 1. The lowest BCUT2D eigenvalue weighted by molar-refractivity contribution is -0.153. The van der Waals surface area contributed by atoms with Gasteiger partial charge in [0.1, 0.15) is 6.61 Å². The van der Waals surface area contributed by atoms with Crippen LogP contribution < -0.4 is 5.73 Å². The van der Waals surface area contributed by atoms with E-state index in [2.05, 4.69) is 11.3 Å². The van der Waals surface area contributed by atoms with E-state index in [4.69, 9.17) is 5.73 Å². The van der Waals surface area contributed by atoms with E-state index in [1.807, 2.05) is 0 Å². The lowest BCUT2D eigenvalue weighted by Crippen LogP contribution is -2.40. The van der Waals surface area contributed by atoms with Crippen molar-refractivity contribution in [2.75, 3.05) is 6.61 Å². The topological polar surface area (TPSA) is 69.4 Å². The molecule has 0 aliphatic heterocycles. The molecule has 4 heteroatoms. The van der Waals surface area contributed by atoms with Crippen LogP contribution in [0.15, 0.2) is 12.7 Å². The molecule has 74 valence electrons. The van der Waals surface area contributed by atoms with Crippen LogP contribution >= 0.6 is 0 Å². The van der Waals surface area contributed by atoms with Crippen molar-refractivity contribution in [1.82, 2.24) is 0 Å². The van der Waals surface area contributed by atoms with Crippen LogP contribution in [-0.4, -0.2) is 24.4 Å². The summed E-state index contributed by atoms with van der Waals surface area (Å²) >= 11 is 0. The number of carbonyl (C=O) groups excluding carboxylic acids is 2. The van der Waals surface area contributed by atoms with Gasteiger partial charge >= 0.3 is 5.97 Å². The first-order valence-corrected chi connectivity index (χ1v) is 4.08. The van der Waals surface area contributed by atoms with Crippen molar-refractivity contribution < 1.29 is 14.3 Å². The molecular formula is C9H15NO3. The standard InChI is InChI=1S/C9H15NO3/c1-4-5-13-9(12)8(11)7(10)6(2)3/h4,6-7H,1,5,10H2,2-3H3. The van der Waals surface area contributed by atoms with E-state index < -0.39 is 17.8 Å². The zero-order chi connectivity index (χ0) is 10.4. The minimum Gasteiger partial charge on any atom is -0.456 e. The number of Topliss-reactive ketones (excluding diaryl/α,β-unsaturated/α-hetero) is 1. The lowest BCUT2D eigenvalue weighted by Gasteiger charge is -2.12. The van der Waals surface area contributed by atoms with Gasteiger partial charge in [-0.3, -0.25) is 4.79 Å². The minimum absolute atomic E-state index is 0.0371. The molecule has 0 spiro atoms. The van der Waals surface area contributed by atoms with Gasteiger partial charge in [0, 0.05) is 0 Å². The third-order valence-corrected chi connectivity index (χ3v) is 1.55. The first-order valence-electron chi connectivity index (χ1n) is 4.08. The molecule has 0 bridgehead atoms. The van der Waals surface area contributed by atoms with Gasteiger partial charge in [0.2, 0.25) is 0 Å². The summed E-state index contributed by atoms with van der Waals surface area (Å²) in [6.07, 6.45) is 1.39. The molecule has 0 aromatic rings. The van der Waals surface area contributed by atoms with Crippen LogP contribution in [0.4, 0.5) is 0 Å². The van der Waals surface area contributed by atoms with Crippen molar-refractivity contribution in [2.45, 2.75) is 19.9 Å². The Morgan fingerprint density at radius 2 is 2.08 bits per heavy atom. The van der Waals surface area contributed by atoms with Gasteiger partial charge in [-0.05, 0) is 5.92 Å². The van der Waals surface area contributed by atoms with E-state index in [-0.39, 0.29) is 12.5 Å². The Morgan fingerprint density at radius 3 is 2.46 bits per heavy atom. The molecule has 0 fully saturated rings. The maximum absolute atomic E-state index is 11.2. The van der Waals surface area contributed by atoms with E-state index in [9.17, 15) is 9.59 Å². The number of hydrogen-bond donors (Lipinski definition) is 1. The molecule has 0 heterocycles. The van der Waals surface area contributed by atoms with Gasteiger partial charge in [0.15, 0.2) is 0 Å². The molecule has 0 aromatic heterocycles. The van der Waals surface area contributed by atoms with Crippen LogP contribution in [0.2, 0.25) is 0 Å². The molecular weight excluding hydrogens is 170 g/mol.